The van der Waals surface area contributed by atoms with Crippen LogP contribution in [0.2, 0.25) is 0 Å². The summed E-state index contributed by atoms with van der Waals surface area (Å²) in [6.45, 7) is 2.91. The minimum absolute atomic E-state index is 0.204. The molecule has 2 aliphatic rings. The minimum atomic E-state index is -4.67. The zero-order valence-corrected chi connectivity index (χ0v) is 20.4. The molecule has 1 aromatic rings. The lowest BCUT2D eigenvalue weighted by molar-refractivity contribution is -0.274. The van der Waals surface area contributed by atoms with Gasteiger partial charge in [-0.1, -0.05) is 77.6 Å². The fourth-order valence-electron chi connectivity index (χ4n) is 6.05. The normalized spacial score (nSPS) is 24.5. The molecule has 0 heterocycles. The van der Waals surface area contributed by atoms with Crippen molar-refractivity contribution in [3.05, 3.63) is 24.3 Å². The highest BCUT2D eigenvalue weighted by atomic mass is 19.4. The van der Waals surface area contributed by atoms with Gasteiger partial charge in [0.1, 0.15) is 11.5 Å². The van der Waals surface area contributed by atoms with E-state index in [2.05, 4.69) is 11.7 Å². The number of rotatable bonds is 12. The molecule has 33 heavy (non-hydrogen) atoms. The van der Waals surface area contributed by atoms with Crippen LogP contribution in [0.25, 0.3) is 0 Å². The van der Waals surface area contributed by atoms with E-state index >= 15 is 0 Å². The molecule has 0 atom stereocenters. The van der Waals surface area contributed by atoms with E-state index in [-0.39, 0.29) is 11.2 Å². The summed E-state index contributed by atoms with van der Waals surface area (Å²) in [5.74, 6) is 2.22. The van der Waals surface area contributed by atoms with Gasteiger partial charge in [-0.2, -0.15) is 0 Å². The molecule has 0 aliphatic heterocycles. The molecule has 0 aromatic heterocycles. The van der Waals surface area contributed by atoms with E-state index in [1.54, 1.807) is 12.1 Å². The Morgan fingerprint density at radius 2 is 1.36 bits per heavy atom. The molecular weight excluding hydrogens is 425 g/mol. The second kappa shape index (κ2) is 12.9. The van der Waals surface area contributed by atoms with Gasteiger partial charge >= 0.3 is 6.36 Å². The Kier molecular flexibility index (Phi) is 10.2. The first kappa shape index (κ1) is 26.2. The summed E-state index contributed by atoms with van der Waals surface area (Å²) in [4.78, 5) is 0. The molecule has 0 N–H and O–H groups in total. The fourth-order valence-corrected chi connectivity index (χ4v) is 6.05. The summed E-state index contributed by atoms with van der Waals surface area (Å²) < 4.78 is 47.4. The van der Waals surface area contributed by atoms with Crippen LogP contribution in [0.1, 0.15) is 110 Å². The molecule has 0 spiro atoms. The number of ether oxygens (including phenoxy) is 2. The highest BCUT2D eigenvalue weighted by Gasteiger charge is 2.38. The van der Waals surface area contributed by atoms with E-state index in [0.29, 0.717) is 12.4 Å². The van der Waals surface area contributed by atoms with Crippen molar-refractivity contribution < 1.29 is 22.6 Å². The molecule has 0 saturated heterocycles. The fraction of sp³-hybridized carbons (Fsp3) is 0.786. The van der Waals surface area contributed by atoms with Crippen molar-refractivity contribution in [2.75, 3.05) is 6.61 Å². The summed E-state index contributed by atoms with van der Waals surface area (Å²) in [5.41, 5.74) is 0.205. The summed E-state index contributed by atoms with van der Waals surface area (Å²) in [6.07, 6.45) is 16.4. The third-order valence-corrected chi connectivity index (χ3v) is 8.07. The van der Waals surface area contributed by atoms with Crippen LogP contribution < -0.4 is 9.47 Å². The molecule has 0 radical (unpaired) electrons. The SMILES string of the molecule is CCCCCCCCC1(COc2ccc(OC(F)(F)F)cc2)CCC(C2CCCCC2)CC1. The van der Waals surface area contributed by atoms with Gasteiger partial charge in [0, 0.05) is 5.41 Å². The van der Waals surface area contributed by atoms with Crippen molar-refractivity contribution in [1.29, 1.82) is 0 Å². The summed E-state index contributed by atoms with van der Waals surface area (Å²) in [7, 11) is 0. The molecule has 2 fully saturated rings. The van der Waals surface area contributed by atoms with Crippen LogP contribution in [0.15, 0.2) is 24.3 Å². The van der Waals surface area contributed by atoms with E-state index < -0.39 is 6.36 Å². The Bertz CT molecular complexity index is 657. The molecule has 2 nitrogen and oxygen atoms in total. The molecule has 188 valence electrons. The van der Waals surface area contributed by atoms with Gasteiger partial charge in [-0.25, -0.2) is 0 Å². The van der Waals surface area contributed by atoms with E-state index in [1.807, 2.05) is 0 Å². The van der Waals surface area contributed by atoms with Gasteiger partial charge in [0.05, 0.1) is 6.61 Å². The van der Waals surface area contributed by atoms with Gasteiger partial charge < -0.3 is 9.47 Å². The largest absolute Gasteiger partial charge is 0.573 e. The van der Waals surface area contributed by atoms with Gasteiger partial charge in [0.2, 0.25) is 0 Å². The Hall–Kier alpha value is -1.39. The van der Waals surface area contributed by atoms with Gasteiger partial charge in [0.15, 0.2) is 0 Å². The second-order valence-corrected chi connectivity index (χ2v) is 10.6. The molecule has 0 bridgehead atoms. The second-order valence-electron chi connectivity index (χ2n) is 10.6. The molecule has 0 amide bonds. The van der Waals surface area contributed by atoms with Crippen molar-refractivity contribution in [1.82, 2.24) is 0 Å². The zero-order valence-electron chi connectivity index (χ0n) is 20.4. The van der Waals surface area contributed by atoms with Crippen molar-refractivity contribution in [2.45, 2.75) is 116 Å². The minimum Gasteiger partial charge on any atom is -0.493 e. The van der Waals surface area contributed by atoms with Gasteiger partial charge in [-0.05, 0) is 68.2 Å². The quantitative estimate of drug-likeness (QED) is 0.284. The predicted molar refractivity (Wildman–Crippen MR) is 128 cm³/mol. The van der Waals surface area contributed by atoms with Crippen LogP contribution >= 0.6 is 0 Å². The Morgan fingerprint density at radius 3 is 2.00 bits per heavy atom. The van der Waals surface area contributed by atoms with E-state index in [4.69, 9.17) is 4.74 Å². The molecule has 1 aromatic carbocycles. The van der Waals surface area contributed by atoms with Crippen LogP contribution in [-0.2, 0) is 0 Å². The predicted octanol–water partition coefficient (Wildman–Crippen LogP) is 9.47. The number of unbranched alkanes of at least 4 members (excludes halogenated alkanes) is 5. The molecule has 5 heteroatoms. The highest BCUT2D eigenvalue weighted by molar-refractivity contribution is 5.31. The lowest BCUT2D eigenvalue weighted by atomic mass is 9.64. The zero-order chi connectivity index (χ0) is 23.6. The monoisotopic (exact) mass is 468 g/mol. The van der Waals surface area contributed by atoms with Crippen molar-refractivity contribution in [3.8, 4) is 11.5 Å². The number of hydrogen-bond donors (Lipinski definition) is 0. The third-order valence-electron chi connectivity index (χ3n) is 8.07. The van der Waals surface area contributed by atoms with E-state index in [1.165, 1.54) is 115 Å². The van der Waals surface area contributed by atoms with Crippen LogP contribution in [0.5, 0.6) is 11.5 Å². The first-order valence-corrected chi connectivity index (χ1v) is 13.4. The van der Waals surface area contributed by atoms with Crippen molar-refractivity contribution >= 4 is 0 Å². The van der Waals surface area contributed by atoms with Gasteiger partial charge in [-0.15, -0.1) is 13.2 Å². The number of benzene rings is 1. The number of halogens is 3. The molecule has 2 saturated carbocycles. The van der Waals surface area contributed by atoms with Gasteiger partial charge in [0.25, 0.3) is 0 Å². The maximum Gasteiger partial charge on any atom is 0.573 e. The van der Waals surface area contributed by atoms with Crippen molar-refractivity contribution in [3.63, 3.8) is 0 Å². The van der Waals surface area contributed by atoms with Crippen LogP contribution in [0.4, 0.5) is 13.2 Å². The average molecular weight is 469 g/mol. The first-order valence-electron chi connectivity index (χ1n) is 13.4. The third kappa shape index (κ3) is 9.05. The lowest BCUT2D eigenvalue weighted by Gasteiger charge is -2.43. The summed E-state index contributed by atoms with van der Waals surface area (Å²) >= 11 is 0. The van der Waals surface area contributed by atoms with Crippen LogP contribution in [0.3, 0.4) is 0 Å². The lowest BCUT2D eigenvalue weighted by Crippen LogP contribution is -2.35. The molecule has 0 unspecified atom stereocenters. The summed E-state index contributed by atoms with van der Waals surface area (Å²) in [5, 5.41) is 0. The van der Waals surface area contributed by atoms with Gasteiger partial charge in [-0.3, -0.25) is 0 Å². The van der Waals surface area contributed by atoms with Crippen molar-refractivity contribution in [2.24, 2.45) is 17.3 Å². The maximum atomic E-state index is 12.4. The standard InChI is InChI=1S/C28H43F3O2/c1-2-3-4-5-6-10-19-27(20-17-24(18-21-27)23-11-8-7-9-12-23)22-32-25-13-15-26(16-14-25)33-28(29,30)31/h13-16,23-24H,2-12,17-22H2,1H3. The number of hydrogen-bond acceptors (Lipinski definition) is 2. The Balaban J connectivity index is 1.54. The highest BCUT2D eigenvalue weighted by Crippen LogP contribution is 2.47. The molecule has 2 aliphatic carbocycles. The molecule has 3 rings (SSSR count). The first-order chi connectivity index (χ1) is 15.9. The Morgan fingerprint density at radius 1 is 0.788 bits per heavy atom. The number of alkyl halides is 3. The molecular formula is C28H43F3O2. The maximum absolute atomic E-state index is 12.4. The van der Waals surface area contributed by atoms with E-state index in [0.717, 1.165) is 11.8 Å². The topological polar surface area (TPSA) is 18.5 Å². The summed E-state index contributed by atoms with van der Waals surface area (Å²) in [6, 6.07) is 5.85. The van der Waals surface area contributed by atoms with E-state index in [9.17, 15) is 13.2 Å². The smallest absolute Gasteiger partial charge is 0.493 e. The van der Waals surface area contributed by atoms with Crippen LogP contribution in [-0.4, -0.2) is 13.0 Å². The van der Waals surface area contributed by atoms with Crippen LogP contribution in [0, 0.1) is 17.3 Å². The Labute approximate surface area is 198 Å². The average Bonchev–Trinajstić information content (AvgIpc) is 2.81.